The summed E-state index contributed by atoms with van der Waals surface area (Å²) in [7, 11) is 0. The number of aliphatic imine (C=N–C) groups is 1. The molecule has 1 heterocycles. The number of rotatable bonds is 3. The number of Topliss-reactive ketones (excluding diaryl/α,β-unsaturated/α-hetero) is 1. The largest absolute Gasteiger partial charge is 0.462 e. The highest BCUT2D eigenvalue weighted by molar-refractivity contribution is 6.09. The summed E-state index contributed by atoms with van der Waals surface area (Å²) in [5.74, 6) is -1.92. The molecule has 0 N–H and O–H groups in total. The number of ether oxygens (including phenoxy) is 1. The molecule has 1 aromatic carbocycles. The van der Waals surface area contributed by atoms with Crippen LogP contribution in [0.4, 0.5) is 4.39 Å². The molecule has 0 fully saturated rings. The maximum atomic E-state index is 13.5. The Balaban J connectivity index is 2.14. The summed E-state index contributed by atoms with van der Waals surface area (Å²) in [5.41, 5.74) is 2.53. The molecule has 27 heavy (non-hydrogen) atoms. The first-order valence-corrected chi connectivity index (χ1v) is 9.36. The Hall–Kier alpha value is -2.30. The Morgan fingerprint density at radius 3 is 2.44 bits per heavy atom. The third-order valence-corrected chi connectivity index (χ3v) is 5.14. The van der Waals surface area contributed by atoms with Crippen LogP contribution in [0.15, 0.2) is 40.5 Å². The van der Waals surface area contributed by atoms with Crippen molar-refractivity contribution in [1.29, 1.82) is 0 Å². The molecule has 2 atom stereocenters. The Kier molecular flexibility index (Phi) is 5.06. The van der Waals surface area contributed by atoms with Gasteiger partial charge in [-0.25, -0.2) is 4.39 Å². The number of hydrogen-bond acceptors (Lipinski definition) is 4. The van der Waals surface area contributed by atoms with E-state index in [9.17, 15) is 14.0 Å². The first-order valence-electron chi connectivity index (χ1n) is 9.36. The Labute approximate surface area is 159 Å². The number of carbonyl (C=O) groups excluding carboxylic acids is 2. The van der Waals surface area contributed by atoms with Crippen molar-refractivity contribution in [2.45, 2.75) is 59.5 Å². The quantitative estimate of drug-likeness (QED) is 0.730. The monoisotopic (exact) mass is 371 g/mol. The summed E-state index contributed by atoms with van der Waals surface area (Å²) in [6.45, 7) is 9.48. The van der Waals surface area contributed by atoms with Crippen molar-refractivity contribution in [3.63, 3.8) is 0 Å². The Bertz CT molecular complexity index is 834. The number of benzene rings is 1. The summed E-state index contributed by atoms with van der Waals surface area (Å²) in [5, 5.41) is 0. The molecule has 4 nitrogen and oxygen atoms in total. The van der Waals surface area contributed by atoms with Gasteiger partial charge in [0.05, 0.1) is 6.10 Å². The lowest BCUT2D eigenvalue weighted by Crippen LogP contribution is -2.40. The second-order valence-electron chi connectivity index (χ2n) is 8.55. The lowest BCUT2D eigenvalue weighted by atomic mass is 9.67. The number of halogens is 1. The van der Waals surface area contributed by atoms with Crippen molar-refractivity contribution in [3.05, 3.63) is 46.9 Å². The number of hydrogen-bond donors (Lipinski definition) is 0. The molecule has 144 valence electrons. The van der Waals surface area contributed by atoms with Gasteiger partial charge in [0.15, 0.2) is 5.78 Å². The number of ketones is 1. The van der Waals surface area contributed by atoms with Gasteiger partial charge >= 0.3 is 5.97 Å². The van der Waals surface area contributed by atoms with Gasteiger partial charge in [0.25, 0.3) is 0 Å². The van der Waals surface area contributed by atoms with Crippen molar-refractivity contribution in [3.8, 4) is 0 Å². The highest BCUT2D eigenvalue weighted by Crippen LogP contribution is 2.47. The SMILES string of the molecule is CC1=NC2=C(C(=O)CC(C)(C)C2)[C@@H](c2ccc(F)cc2)C1C(=O)OC(C)C. The predicted octanol–water partition coefficient (Wildman–Crippen LogP) is 4.59. The van der Waals surface area contributed by atoms with E-state index >= 15 is 0 Å². The first-order chi connectivity index (χ1) is 12.6. The minimum absolute atomic E-state index is 0.00849. The average molecular weight is 371 g/mol. The van der Waals surface area contributed by atoms with Gasteiger partial charge < -0.3 is 4.74 Å². The van der Waals surface area contributed by atoms with E-state index in [0.29, 0.717) is 24.1 Å². The van der Waals surface area contributed by atoms with E-state index in [1.54, 1.807) is 32.9 Å². The Morgan fingerprint density at radius 1 is 1.22 bits per heavy atom. The second kappa shape index (κ2) is 7.02. The van der Waals surface area contributed by atoms with Crippen LogP contribution in [-0.2, 0) is 14.3 Å². The van der Waals surface area contributed by atoms with E-state index in [0.717, 1.165) is 11.3 Å². The summed E-state index contributed by atoms with van der Waals surface area (Å²) in [6.07, 6.45) is 0.814. The van der Waals surface area contributed by atoms with Crippen LogP contribution in [-0.4, -0.2) is 23.6 Å². The second-order valence-corrected chi connectivity index (χ2v) is 8.55. The van der Waals surface area contributed by atoms with Gasteiger partial charge in [-0.3, -0.25) is 14.6 Å². The third-order valence-electron chi connectivity index (χ3n) is 5.14. The van der Waals surface area contributed by atoms with Crippen LogP contribution < -0.4 is 0 Å². The zero-order chi connectivity index (χ0) is 19.9. The van der Waals surface area contributed by atoms with E-state index in [-0.39, 0.29) is 23.1 Å². The number of allylic oxidation sites excluding steroid dienone is 2. The van der Waals surface area contributed by atoms with E-state index in [1.807, 2.05) is 13.8 Å². The molecular weight excluding hydrogens is 345 g/mol. The van der Waals surface area contributed by atoms with Crippen LogP contribution in [0.25, 0.3) is 0 Å². The third kappa shape index (κ3) is 3.87. The van der Waals surface area contributed by atoms with E-state index in [4.69, 9.17) is 4.74 Å². The molecule has 1 aliphatic carbocycles. The first kappa shape index (κ1) is 19.5. The molecule has 3 rings (SSSR count). The molecule has 0 spiro atoms. The molecule has 0 saturated carbocycles. The average Bonchev–Trinajstić information content (AvgIpc) is 2.52. The van der Waals surface area contributed by atoms with Crippen LogP contribution in [0.3, 0.4) is 0 Å². The van der Waals surface area contributed by atoms with Gasteiger partial charge in [0.1, 0.15) is 11.7 Å². The maximum Gasteiger partial charge on any atom is 0.315 e. The lowest BCUT2D eigenvalue weighted by Gasteiger charge is -2.39. The fourth-order valence-corrected chi connectivity index (χ4v) is 4.09. The fraction of sp³-hybridized carbons (Fsp3) is 0.500. The van der Waals surface area contributed by atoms with Crippen LogP contribution >= 0.6 is 0 Å². The van der Waals surface area contributed by atoms with Crippen LogP contribution in [0.5, 0.6) is 0 Å². The number of esters is 1. The zero-order valence-corrected chi connectivity index (χ0v) is 16.5. The number of nitrogens with zero attached hydrogens (tertiary/aromatic N) is 1. The van der Waals surface area contributed by atoms with Crippen molar-refractivity contribution in [1.82, 2.24) is 0 Å². The molecule has 0 saturated heterocycles. The molecule has 1 aliphatic heterocycles. The minimum Gasteiger partial charge on any atom is -0.462 e. The topological polar surface area (TPSA) is 55.7 Å². The van der Waals surface area contributed by atoms with Crippen molar-refractivity contribution in [2.24, 2.45) is 16.3 Å². The van der Waals surface area contributed by atoms with Gasteiger partial charge in [-0.1, -0.05) is 26.0 Å². The highest BCUT2D eigenvalue weighted by Gasteiger charge is 2.46. The molecule has 1 aromatic rings. The molecule has 0 aromatic heterocycles. The Morgan fingerprint density at radius 2 is 1.85 bits per heavy atom. The minimum atomic E-state index is -0.679. The molecule has 5 heteroatoms. The summed E-state index contributed by atoms with van der Waals surface area (Å²) in [4.78, 5) is 30.6. The standard InChI is InChI=1S/C22H26FNO3/c1-12(2)27-21(26)18-13(3)24-16-10-22(4,5)11-17(25)20(16)19(18)14-6-8-15(23)9-7-14/h6-9,12,18-19H,10-11H2,1-5H3/t18?,19-/m0/s1. The smallest absolute Gasteiger partial charge is 0.315 e. The van der Waals surface area contributed by atoms with Crippen molar-refractivity contribution >= 4 is 17.5 Å². The summed E-state index contributed by atoms with van der Waals surface area (Å²) in [6, 6.07) is 6.01. The highest BCUT2D eigenvalue weighted by atomic mass is 19.1. The van der Waals surface area contributed by atoms with Crippen molar-refractivity contribution < 1.29 is 18.7 Å². The van der Waals surface area contributed by atoms with E-state index in [1.165, 1.54) is 12.1 Å². The van der Waals surface area contributed by atoms with E-state index < -0.39 is 17.8 Å². The molecule has 2 aliphatic rings. The van der Waals surface area contributed by atoms with Crippen LogP contribution in [0.2, 0.25) is 0 Å². The van der Waals surface area contributed by atoms with Gasteiger partial charge in [0.2, 0.25) is 0 Å². The maximum absolute atomic E-state index is 13.5. The molecule has 0 amide bonds. The molecule has 0 bridgehead atoms. The molecule has 1 unspecified atom stereocenters. The van der Waals surface area contributed by atoms with Gasteiger partial charge in [-0.05, 0) is 50.3 Å². The van der Waals surface area contributed by atoms with Crippen LogP contribution in [0, 0.1) is 17.2 Å². The summed E-state index contributed by atoms with van der Waals surface area (Å²) < 4.78 is 18.9. The van der Waals surface area contributed by atoms with Crippen molar-refractivity contribution in [2.75, 3.05) is 0 Å². The summed E-state index contributed by atoms with van der Waals surface area (Å²) >= 11 is 0. The lowest BCUT2D eigenvalue weighted by molar-refractivity contribution is -0.150. The zero-order valence-electron chi connectivity index (χ0n) is 16.5. The fourth-order valence-electron chi connectivity index (χ4n) is 4.09. The predicted molar refractivity (Wildman–Crippen MR) is 102 cm³/mol. The van der Waals surface area contributed by atoms with Gasteiger partial charge in [0, 0.05) is 29.3 Å². The number of carbonyl (C=O) groups is 2. The molecular formula is C22H26FNO3. The van der Waals surface area contributed by atoms with Crippen LogP contribution in [0.1, 0.15) is 58.9 Å². The van der Waals surface area contributed by atoms with Gasteiger partial charge in [-0.2, -0.15) is 0 Å². The van der Waals surface area contributed by atoms with E-state index in [2.05, 4.69) is 4.99 Å². The van der Waals surface area contributed by atoms with Gasteiger partial charge in [-0.15, -0.1) is 0 Å². The normalized spacial score (nSPS) is 24.6. The molecule has 0 radical (unpaired) electrons.